The largest absolute Gasteiger partial charge is 0.399 e. The van der Waals surface area contributed by atoms with Gasteiger partial charge in [-0.25, -0.2) is 9.98 Å². The molecule has 0 saturated carbocycles. The van der Waals surface area contributed by atoms with Crippen molar-refractivity contribution >= 4 is 34.4 Å². The van der Waals surface area contributed by atoms with Crippen LogP contribution in [0.4, 0.5) is 22.7 Å². The van der Waals surface area contributed by atoms with E-state index in [2.05, 4.69) is 150 Å². The van der Waals surface area contributed by atoms with Crippen LogP contribution in [0.15, 0.2) is 186 Å². The van der Waals surface area contributed by atoms with Crippen molar-refractivity contribution in [2.45, 2.75) is 19.3 Å². The molecule has 7 aromatic rings. The van der Waals surface area contributed by atoms with Gasteiger partial charge in [0.05, 0.1) is 11.4 Å². The van der Waals surface area contributed by atoms with Gasteiger partial charge in [0.15, 0.2) is 5.84 Å². The normalized spacial score (nSPS) is 16.2. The molecule has 0 saturated heterocycles. The summed E-state index contributed by atoms with van der Waals surface area (Å²) >= 11 is 0. The first-order chi connectivity index (χ1) is 26.1. The Hall–Kier alpha value is -6.92. The fourth-order valence-electron chi connectivity index (χ4n) is 7.28. The third kappa shape index (κ3) is 6.32. The lowest BCUT2D eigenvalue weighted by Crippen LogP contribution is -2.33. The summed E-state index contributed by atoms with van der Waals surface area (Å²) < 4.78 is 0. The lowest BCUT2D eigenvalue weighted by molar-refractivity contribution is 0.674. The van der Waals surface area contributed by atoms with Crippen molar-refractivity contribution in [2.75, 3.05) is 16.0 Å². The molecule has 2 aliphatic rings. The summed E-state index contributed by atoms with van der Waals surface area (Å²) in [6.45, 7) is 2.20. The van der Waals surface area contributed by atoms with Gasteiger partial charge >= 0.3 is 0 Å². The monoisotopic (exact) mass is 686 g/mol. The fraction of sp³-hybridized carbons (Fsp3) is 0.0638. The first-order valence-corrected chi connectivity index (χ1v) is 18.0. The van der Waals surface area contributed by atoms with Gasteiger partial charge in [-0.3, -0.25) is 0 Å². The summed E-state index contributed by atoms with van der Waals surface area (Å²) in [4.78, 5) is 12.3. The zero-order valence-electron chi connectivity index (χ0n) is 29.3. The second kappa shape index (κ2) is 13.7. The van der Waals surface area contributed by atoms with E-state index in [1.165, 1.54) is 11.1 Å². The maximum atomic E-state index is 5.96. The number of nitrogens with two attached hydrogens (primary N) is 1. The number of nitrogens with one attached hydrogen (secondary N) is 2. The maximum absolute atomic E-state index is 5.96. The number of anilines is 4. The van der Waals surface area contributed by atoms with Crippen LogP contribution in [0.25, 0.3) is 33.4 Å². The highest BCUT2D eigenvalue weighted by atomic mass is 15.3. The van der Waals surface area contributed by atoms with Crippen molar-refractivity contribution in [3.05, 3.63) is 193 Å². The molecule has 9 rings (SSSR count). The van der Waals surface area contributed by atoms with Crippen molar-refractivity contribution in [3.8, 4) is 33.4 Å². The number of benzene rings is 7. The molecule has 2 atom stereocenters. The van der Waals surface area contributed by atoms with Crippen molar-refractivity contribution in [1.29, 1.82) is 0 Å². The molecular formula is C47H38N6. The Kier molecular flexibility index (Phi) is 8.25. The lowest BCUT2D eigenvalue weighted by Gasteiger charge is -2.25. The second-order valence-electron chi connectivity index (χ2n) is 13.5. The molecule has 256 valence electrons. The Balaban J connectivity index is 0.993. The zero-order valence-corrected chi connectivity index (χ0v) is 29.3. The van der Waals surface area contributed by atoms with E-state index >= 15 is 0 Å². The van der Waals surface area contributed by atoms with E-state index in [1.807, 2.05) is 48.5 Å². The molecule has 0 radical (unpaired) electrons. The van der Waals surface area contributed by atoms with Gasteiger partial charge < -0.3 is 21.3 Å². The van der Waals surface area contributed by atoms with Gasteiger partial charge in [-0.1, -0.05) is 140 Å². The predicted octanol–water partition coefficient (Wildman–Crippen LogP) is 10.7. The number of nitrogen functional groups attached to an aromatic ring is 1. The summed E-state index contributed by atoms with van der Waals surface area (Å²) in [5.41, 5.74) is 20.2. The Morgan fingerprint density at radius 2 is 1.09 bits per heavy atom. The number of rotatable bonds is 7. The second-order valence-corrected chi connectivity index (χ2v) is 13.5. The van der Waals surface area contributed by atoms with Gasteiger partial charge in [0.25, 0.3) is 0 Å². The standard InChI is InChI=1S/C47H38N6/c1-31-49-43-29-24-38(32-20-25-39(48)26-21-32)30-44(43)53(31)40-27-22-34(23-28-40)42-15-9-8-14-41(42)33-16-18-37(19-17-33)47-51-45(35-10-4-2-5-11-35)50-46(52-47)36-12-6-3-7-13-36/h2-31,45,49H,48H2,1H3,(H,50,51,52). The van der Waals surface area contributed by atoms with Gasteiger partial charge in [-0.15, -0.1) is 0 Å². The molecule has 2 aliphatic heterocycles. The summed E-state index contributed by atoms with van der Waals surface area (Å²) in [7, 11) is 0. The molecule has 6 heteroatoms. The average molecular weight is 687 g/mol. The van der Waals surface area contributed by atoms with Crippen LogP contribution in [0, 0.1) is 0 Å². The Morgan fingerprint density at radius 1 is 0.528 bits per heavy atom. The van der Waals surface area contributed by atoms with Crippen molar-refractivity contribution in [3.63, 3.8) is 0 Å². The Bertz CT molecular complexity index is 2450. The topological polar surface area (TPSA) is 78.0 Å². The predicted molar refractivity (Wildman–Crippen MR) is 221 cm³/mol. The third-order valence-electron chi connectivity index (χ3n) is 10.00. The van der Waals surface area contributed by atoms with Gasteiger partial charge in [0.2, 0.25) is 0 Å². The minimum atomic E-state index is -0.235. The number of hydrogen-bond donors (Lipinski definition) is 3. The first kappa shape index (κ1) is 32.0. The van der Waals surface area contributed by atoms with Crippen molar-refractivity contribution in [1.82, 2.24) is 5.32 Å². The van der Waals surface area contributed by atoms with E-state index in [9.17, 15) is 0 Å². The Morgan fingerprint density at radius 3 is 1.77 bits per heavy atom. The zero-order chi connectivity index (χ0) is 35.7. The third-order valence-corrected chi connectivity index (χ3v) is 10.00. The number of amidine groups is 2. The van der Waals surface area contributed by atoms with Gasteiger partial charge in [-0.2, -0.15) is 0 Å². The minimum absolute atomic E-state index is 0.115. The van der Waals surface area contributed by atoms with E-state index in [4.69, 9.17) is 15.7 Å². The van der Waals surface area contributed by atoms with Crippen LogP contribution in [-0.2, 0) is 0 Å². The van der Waals surface area contributed by atoms with Gasteiger partial charge in [-0.05, 0) is 82.3 Å². The Labute approximate surface area is 310 Å². The first-order valence-electron chi connectivity index (χ1n) is 18.0. The van der Waals surface area contributed by atoms with E-state index in [-0.39, 0.29) is 12.3 Å². The summed E-state index contributed by atoms with van der Waals surface area (Å²) in [5, 5.41) is 7.23. The highest BCUT2D eigenvalue weighted by Gasteiger charge is 2.27. The minimum Gasteiger partial charge on any atom is -0.399 e. The number of nitrogens with zero attached hydrogens (tertiary/aromatic N) is 3. The molecule has 2 unspecified atom stereocenters. The van der Waals surface area contributed by atoms with E-state index in [0.717, 1.165) is 73.4 Å². The molecule has 6 nitrogen and oxygen atoms in total. The average Bonchev–Trinajstić information content (AvgIpc) is 3.56. The fourth-order valence-corrected chi connectivity index (χ4v) is 7.28. The molecule has 2 heterocycles. The summed E-state index contributed by atoms with van der Waals surface area (Å²) in [6.07, 6.45) is -0.120. The summed E-state index contributed by atoms with van der Waals surface area (Å²) in [5.74, 6) is 1.52. The van der Waals surface area contributed by atoms with Crippen LogP contribution in [-0.4, -0.2) is 17.8 Å². The number of fused-ring (bicyclic) bond motifs is 1. The van der Waals surface area contributed by atoms with Crippen LogP contribution in [0.3, 0.4) is 0 Å². The van der Waals surface area contributed by atoms with Gasteiger partial charge in [0, 0.05) is 22.5 Å². The van der Waals surface area contributed by atoms with Crippen LogP contribution in [0.1, 0.15) is 29.8 Å². The quantitative estimate of drug-likeness (QED) is 0.146. The van der Waals surface area contributed by atoms with Crippen molar-refractivity contribution < 1.29 is 0 Å². The van der Waals surface area contributed by atoms with Crippen LogP contribution >= 0.6 is 0 Å². The SMILES string of the molecule is CC1Nc2ccc(-c3ccc(N)cc3)cc2N1c1ccc(-c2ccccc2-c2ccc(C3=NC(c4ccccc4)=NC(c4ccccc4)N3)cc2)cc1. The van der Waals surface area contributed by atoms with Crippen LogP contribution in [0.5, 0.6) is 0 Å². The molecule has 0 spiro atoms. The molecule has 0 aliphatic carbocycles. The molecule has 0 bridgehead atoms. The van der Waals surface area contributed by atoms with Crippen LogP contribution in [0.2, 0.25) is 0 Å². The molecule has 0 aromatic heterocycles. The molecule has 0 fully saturated rings. The summed E-state index contributed by atoms with van der Waals surface area (Å²) in [6, 6.07) is 61.3. The number of hydrogen-bond acceptors (Lipinski definition) is 6. The van der Waals surface area contributed by atoms with E-state index < -0.39 is 0 Å². The highest BCUT2D eigenvalue weighted by Crippen LogP contribution is 2.43. The molecular weight excluding hydrogens is 649 g/mol. The van der Waals surface area contributed by atoms with E-state index in [1.54, 1.807) is 0 Å². The smallest absolute Gasteiger partial charge is 0.159 e. The maximum Gasteiger partial charge on any atom is 0.159 e. The van der Waals surface area contributed by atoms with Gasteiger partial charge in [0.1, 0.15) is 18.2 Å². The molecule has 7 aromatic carbocycles. The number of aliphatic imine (C=N–C) groups is 2. The van der Waals surface area contributed by atoms with Crippen LogP contribution < -0.4 is 21.3 Å². The molecule has 53 heavy (non-hydrogen) atoms. The molecule has 4 N–H and O–H groups in total. The van der Waals surface area contributed by atoms with Crippen molar-refractivity contribution in [2.24, 2.45) is 9.98 Å². The lowest BCUT2D eigenvalue weighted by atomic mass is 9.94. The van der Waals surface area contributed by atoms with E-state index in [0.29, 0.717) is 0 Å². The highest BCUT2D eigenvalue weighted by molar-refractivity contribution is 6.13. The molecule has 0 amide bonds.